The molecule has 9 heteroatoms. The lowest BCUT2D eigenvalue weighted by Gasteiger charge is -2.27. The molecule has 0 radical (unpaired) electrons. The van der Waals surface area contributed by atoms with Gasteiger partial charge in [-0.1, -0.05) is 6.42 Å². The molecule has 1 fully saturated rings. The summed E-state index contributed by atoms with van der Waals surface area (Å²) < 4.78 is 32.9. The molecule has 0 saturated carbocycles. The van der Waals surface area contributed by atoms with Crippen LogP contribution in [0.3, 0.4) is 0 Å². The molecule has 2 aromatic rings. The largest absolute Gasteiger partial charge is 0.497 e. The van der Waals surface area contributed by atoms with Crippen molar-refractivity contribution in [3.63, 3.8) is 0 Å². The second kappa shape index (κ2) is 9.93. The Kier molecular flexibility index (Phi) is 6.99. The predicted octanol–water partition coefficient (Wildman–Crippen LogP) is 3.18. The zero-order valence-electron chi connectivity index (χ0n) is 18.7. The van der Waals surface area contributed by atoms with Crippen LogP contribution in [0.15, 0.2) is 47.4 Å². The van der Waals surface area contributed by atoms with Gasteiger partial charge < -0.3 is 15.0 Å². The first-order valence-corrected chi connectivity index (χ1v) is 12.7. The number of nitrogens with zero attached hydrogens (tertiary/aromatic N) is 2. The fourth-order valence-electron chi connectivity index (χ4n) is 4.33. The van der Waals surface area contributed by atoms with E-state index < -0.39 is 10.0 Å². The lowest BCUT2D eigenvalue weighted by molar-refractivity contribution is -0.121. The number of fused-ring (bicyclic) bond motifs is 1. The van der Waals surface area contributed by atoms with Crippen molar-refractivity contribution in [3.8, 4) is 5.75 Å². The summed E-state index contributed by atoms with van der Waals surface area (Å²) in [6.07, 6.45) is 4.28. The highest BCUT2D eigenvalue weighted by Crippen LogP contribution is 2.31. The summed E-state index contributed by atoms with van der Waals surface area (Å²) in [7, 11) is -2.00. The molecule has 0 bridgehead atoms. The van der Waals surface area contributed by atoms with Crippen LogP contribution in [0.2, 0.25) is 0 Å². The zero-order chi connectivity index (χ0) is 23.4. The Balaban J connectivity index is 1.55. The van der Waals surface area contributed by atoms with Gasteiger partial charge in [-0.2, -0.15) is 4.31 Å². The number of methoxy groups -OCH3 is 1. The Hall–Kier alpha value is -2.91. The van der Waals surface area contributed by atoms with Gasteiger partial charge in [-0.3, -0.25) is 9.59 Å². The van der Waals surface area contributed by atoms with Crippen LogP contribution in [0.1, 0.15) is 37.7 Å². The van der Waals surface area contributed by atoms with Gasteiger partial charge in [-0.05, 0) is 73.7 Å². The number of nitrogens with one attached hydrogen (secondary N) is 1. The van der Waals surface area contributed by atoms with E-state index in [1.54, 1.807) is 53.9 Å². The molecule has 33 heavy (non-hydrogen) atoms. The first-order valence-electron chi connectivity index (χ1n) is 11.3. The highest BCUT2D eigenvalue weighted by molar-refractivity contribution is 7.89. The van der Waals surface area contributed by atoms with E-state index in [0.29, 0.717) is 49.5 Å². The van der Waals surface area contributed by atoms with Crippen LogP contribution in [-0.2, 0) is 26.0 Å². The predicted molar refractivity (Wildman–Crippen MR) is 126 cm³/mol. The van der Waals surface area contributed by atoms with Crippen molar-refractivity contribution >= 4 is 33.2 Å². The SMILES string of the molecule is COc1ccc(NC(=O)CN2C(=O)CCCc3cc(S(=O)(=O)N4CCCCC4)ccc32)cc1. The molecule has 2 amide bonds. The lowest BCUT2D eigenvalue weighted by Crippen LogP contribution is -2.38. The zero-order valence-corrected chi connectivity index (χ0v) is 19.6. The molecule has 2 aliphatic heterocycles. The maximum absolute atomic E-state index is 13.1. The van der Waals surface area contributed by atoms with Crippen LogP contribution >= 0.6 is 0 Å². The average molecular weight is 472 g/mol. The Labute approximate surface area is 194 Å². The highest BCUT2D eigenvalue weighted by atomic mass is 32.2. The number of carbonyl (C=O) groups is 2. The second-order valence-corrected chi connectivity index (χ2v) is 10.3. The number of ether oxygens (including phenoxy) is 1. The molecule has 0 aliphatic carbocycles. The standard InChI is InChI=1S/C24H29N3O5S/c1-32-20-10-8-19(9-11-20)25-23(28)17-27-22-13-12-21(16-18(22)6-5-7-24(27)29)33(30,31)26-14-3-2-4-15-26/h8-13,16H,2-7,14-15,17H2,1H3,(H,25,28). The van der Waals surface area contributed by atoms with Crippen LogP contribution in [0.5, 0.6) is 5.75 Å². The van der Waals surface area contributed by atoms with Gasteiger partial charge in [0.25, 0.3) is 0 Å². The van der Waals surface area contributed by atoms with Crippen LogP contribution in [0.25, 0.3) is 0 Å². The molecule has 0 spiro atoms. The molecule has 176 valence electrons. The molecule has 8 nitrogen and oxygen atoms in total. The van der Waals surface area contributed by atoms with E-state index in [-0.39, 0.29) is 23.3 Å². The molecule has 2 heterocycles. The van der Waals surface area contributed by atoms with Crippen LogP contribution < -0.4 is 15.0 Å². The third kappa shape index (κ3) is 5.20. The number of hydrogen-bond donors (Lipinski definition) is 1. The van der Waals surface area contributed by atoms with Crippen molar-refractivity contribution in [2.45, 2.75) is 43.4 Å². The van der Waals surface area contributed by atoms with E-state index in [1.165, 1.54) is 4.90 Å². The van der Waals surface area contributed by atoms with E-state index in [4.69, 9.17) is 4.74 Å². The minimum atomic E-state index is -3.57. The number of hydrogen-bond acceptors (Lipinski definition) is 5. The summed E-state index contributed by atoms with van der Waals surface area (Å²) in [6.45, 7) is 0.932. The number of aryl methyl sites for hydroxylation is 1. The summed E-state index contributed by atoms with van der Waals surface area (Å²) in [5.41, 5.74) is 1.97. The molecule has 4 rings (SSSR count). The quantitative estimate of drug-likeness (QED) is 0.698. The van der Waals surface area contributed by atoms with Crippen molar-refractivity contribution in [2.24, 2.45) is 0 Å². The molecule has 0 aromatic heterocycles. The maximum Gasteiger partial charge on any atom is 0.244 e. The summed E-state index contributed by atoms with van der Waals surface area (Å²) in [5, 5.41) is 2.80. The fraction of sp³-hybridized carbons (Fsp3) is 0.417. The fourth-order valence-corrected chi connectivity index (χ4v) is 5.90. The molecule has 0 atom stereocenters. The molecule has 1 N–H and O–H groups in total. The normalized spacial score (nSPS) is 17.2. The van der Waals surface area contributed by atoms with Crippen molar-refractivity contribution in [1.82, 2.24) is 4.31 Å². The van der Waals surface area contributed by atoms with Gasteiger partial charge in [0.15, 0.2) is 0 Å². The number of amides is 2. The summed E-state index contributed by atoms with van der Waals surface area (Å²) in [4.78, 5) is 27.2. The number of sulfonamides is 1. The van der Waals surface area contributed by atoms with Crippen LogP contribution in [0, 0.1) is 0 Å². The average Bonchev–Trinajstić information content (AvgIpc) is 2.98. The molecular formula is C24H29N3O5S. The monoisotopic (exact) mass is 471 g/mol. The third-order valence-electron chi connectivity index (χ3n) is 6.11. The Morgan fingerprint density at radius 1 is 1.00 bits per heavy atom. The van der Waals surface area contributed by atoms with E-state index in [9.17, 15) is 18.0 Å². The summed E-state index contributed by atoms with van der Waals surface area (Å²) >= 11 is 0. The Bertz CT molecular complexity index is 1130. The molecular weight excluding hydrogens is 442 g/mol. The number of piperidine rings is 1. The van der Waals surface area contributed by atoms with Crippen LogP contribution in [-0.4, -0.2) is 51.3 Å². The van der Waals surface area contributed by atoms with E-state index in [1.807, 2.05) is 0 Å². The van der Waals surface area contributed by atoms with Gasteiger partial charge in [0, 0.05) is 30.9 Å². The number of carbonyl (C=O) groups excluding carboxylic acids is 2. The van der Waals surface area contributed by atoms with E-state index in [2.05, 4.69) is 5.32 Å². The van der Waals surface area contributed by atoms with Gasteiger partial charge in [0.1, 0.15) is 12.3 Å². The van der Waals surface area contributed by atoms with Crippen molar-refractivity contribution in [1.29, 1.82) is 0 Å². The summed E-state index contributed by atoms with van der Waals surface area (Å²) in [6, 6.07) is 11.8. The van der Waals surface area contributed by atoms with Gasteiger partial charge in [-0.15, -0.1) is 0 Å². The minimum Gasteiger partial charge on any atom is -0.497 e. The van der Waals surface area contributed by atoms with Gasteiger partial charge in [-0.25, -0.2) is 8.42 Å². The molecule has 0 unspecified atom stereocenters. The third-order valence-corrected chi connectivity index (χ3v) is 8.00. The second-order valence-electron chi connectivity index (χ2n) is 8.37. The minimum absolute atomic E-state index is 0.143. The maximum atomic E-state index is 13.1. The first-order chi connectivity index (χ1) is 15.9. The van der Waals surface area contributed by atoms with Crippen LogP contribution in [0.4, 0.5) is 11.4 Å². The van der Waals surface area contributed by atoms with Gasteiger partial charge >= 0.3 is 0 Å². The summed E-state index contributed by atoms with van der Waals surface area (Å²) in [5.74, 6) is 0.205. The lowest BCUT2D eigenvalue weighted by atomic mass is 10.1. The number of anilines is 2. The highest BCUT2D eigenvalue weighted by Gasteiger charge is 2.29. The smallest absolute Gasteiger partial charge is 0.244 e. The topological polar surface area (TPSA) is 96.0 Å². The van der Waals surface area contributed by atoms with Crippen molar-refractivity contribution in [2.75, 3.05) is 37.0 Å². The number of rotatable bonds is 6. The van der Waals surface area contributed by atoms with E-state index in [0.717, 1.165) is 24.8 Å². The van der Waals surface area contributed by atoms with Gasteiger partial charge in [0.2, 0.25) is 21.8 Å². The molecule has 1 saturated heterocycles. The van der Waals surface area contributed by atoms with E-state index >= 15 is 0 Å². The Morgan fingerprint density at radius 3 is 2.42 bits per heavy atom. The first kappa shape index (κ1) is 23.3. The van der Waals surface area contributed by atoms with Crippen molar-refractivity contribution < 1.29 is 22.7 Å². The number of benzene rings is 2. The molecule has 2 aliphatic rings. The van der Waals surface area contributed by atoms with Gasteiger partial charge in [0.05, 0.1) is 12.0 Å². The molecule has 2 aromatic carbocycles. The Morgan fingerprint density at radius 2 is 1.73 bits per heavy atom. The van der Waals surface area contributed by atoms with Crippen molar-refractivity contribution in [3.05, 3.63) is 48.0 Å².